The molecule has 0 atom stereocenters. The van der Waals surface area contributed by atoms with Crippen molar-refractivity contribution in [3.8, 4) is 11.5 Å². The zero-order valence-electron chi connectivity index (χ0n) is 16.0. The van der Waals surface area contributed by atoms with Gasteiger partial charge in [-0.1, -0.05) is 24.3 Å². The highest BCUT2D eigenvalue weighted by atomic mass is 32.1. The minimum absolute atomic E-state index is 0.236. The number of amides is 1. The predicted molar refractivity (Wildman–Crippen MR) is 119 cm³/mol. The lowest BCUT2D eigenvalue weighted by atomic mass is 10.1. The molecule has 144 valence electrons. The van der Waals surface area contributed by atoms with Gasteiger partial charge in [-0.25, -0.2) is 4.98 Å². The summed E-state index contributed by atoms with van der Waals surface area (Å²) in [7, 11) is 0. The van der Waals surface area contributed by atoms with E-state index in [9.17, 15) is 4.79 Å². The molecule has 0 bridgehead atoms. The molecule has 1 amide bonds. The average Bonchev–Trinajstić information content (AvgIpc) is 3.13. The van der Waals surface area contributed by atoms with Gasteiger partial charge in [0.1, 0.15) is 5.52 Å². The van der Waals surface area contributed by atoms with Crippen LogP contribution in [0.15, 0.2) is 71.1 Å². The van der Waals surface area contributed by atoms with E-state index in [4.69, 9.17) is 16.6 Å². The molecule has 0 aliphatic carbocycles. The molecule has 5 nitrogen and oxygen atoms in total. The fourth-order valence-electron chi connectivity index (χ4n) is 3.12. The van der Waals surface area contributed by atoms with Gasteiger partial charge in [0.05, 0.1) is 0 Å². The van der Waals surface area contributed by atoms with Gasteiger partial charge in [0, 0.05) is 16.8 Å². The number of aromatic nitrogens is 1. The van der Waals surface area contributed by atoms with Crippen molar-refractivity contribution in [1.29, 1.82) is 0 Å². The molecule has 4 aromatic rings. The number of rotatable bonds is 3. The minimum atomic E-state index is -0.253. The number of anilines is 1. The van der Waals surface area contributed by atoms with Crippen molar-refractivity contribution in [2.75, 3.05) is 5.32 Å². The first-order valence-corrected chi connectivity index (χ1v) is 9.56. The van der Waals surface area contributed by atoms with Gasteiger partial charge in [-0.3, -0.25) is 10.1 Å². The van der Waals surface area contributed by atoms with Gasteiger partial charge < -0.3 is 9.73 Å². The van der Waals surface area contributed by atoms with Gasteiger partial charge >= 0.3 is 0 Å². The third-order valence-corrected chi connectivity index (χ3v) is 4.68. The van der Waals surface area contributed by atoms with Crippen molar-refractivity contribution in [2.24, 2.45) is 0 Å². The van der Waals surface area contributed by atoms with E-state index in [0.29, 0.717) is 11.5 Å². The molecule has 0 saturated heterocycles. The molecule has 1 heterocycles. The fraction of sp³-hybridized carbons (Fsp3) is 0.0870. The van der Waals surface area contributed by atoms with Crippen molar-refractivity contribution < 1.29 is 9.21 Å². The van der Waals surface area contributed by atoms with Crippen molar-refractivity contribution in [3.63, 3.8) is 0 Å². The van der Waals surface area contributed by atoms with Gasteiger partial charge in [-0.2, -0.15) is 0 Å². The van der Waals surface area contributed by atoms with Gasteiger partial charge in [0.2, 0.25) is 5.89 Å². The van der Waals surface area contributed by atoms with Crippen LogP contribution in [0.2, 0.25) is 0 Å². The molecular weight excluding hydrogens is 382 g/mol. The molecule has 4 rings (SSSR count). The highest BCUT2D eigenvalue weighted by molar-refractivity contribution is 7.80. The highest BCUT2D eigenvalue weighted by Gasteiger charge is 2.11. The van der Waals surface area contributed by atoms with Gasteiger partial charge in [0.15, 0.2) is 10.7 Å². The van der Waals surface area contributed by atoms with Crippen LogP contribution in [0.4, 0.5) is 5.69 Å². The first-order valence-electron chi connectivity index (χ1n) is 9.15. The Morgan fingerprint density at radius 2 is 1.72 bits per heavy atom. The Morgan fingerprint density at radius 3 is 2.45 bits per heavy atom. The summed E-state index contributed by atoms with van der Waals surface area (Å²) < 4.78 is 5.95. The van der Waals surface area contributed by atoms with Crippen molar-refractivity contribution in [2.45, 2.75) is 13.8 Å². The van der Waals surface area contributed by atoms with Gasteiger partial charge in [-0.05, 0) is 79.7 Å². The first-order chi connectivity index (χ1) is 14.0. The number of aryl methyl sites for hydroxylation is 2. The van der Waals surface area contributed by atoms with E-state index >= 15 is 0 Å². The smallest absolute Gasteiger partial charge is 0.257 e. The summed E-state index contributed by atoms with van der Waals surface area (Å²) in [4.78, 5) is 16.8. The Hall–Kier alpha value is -3.51. The number of oxazole rings is 1. The van der Waals surface area contributed by atoms with Crippen LogP contribution in [0.3, 0.4) is 0 Å². The molecule has 6 heteroatoms. The predicted octanol–water partition coefficient (Wildman–Crippen LogP) is 5.24. The van der Waals surface area contributed by atoms with E-state index in [1.807, 2.05) is 50.2 Å². The van der Waals surface area contributed by atoms with Crippen LogP contribution >= 0.6 is 12.2 Å². The minimum Gasteiger partial charge on any atom is -0.436 e. The summed E-state index contributed by atoms with van der Waals surface area (Å²) >= 11 is 5.23. The number of nitrogens with one attached hydrogen (secondary N) is 2. The molecule has 0 radical (unpaired) electrons. The Bertz CT molecular complexity index is 1200. The normalized spacial score (nSPS) is 10.7. The SMILES string of the molecule is Cc1cc(C)c2oc(-c3ccc(NC(=S)NC(=O)c4ccccc4)cc3)nc2c1. The topological polar surface area (TPSA) is 67.2 Å². The van der Waals surface area contributed by atoms with Crippen molar-refractivity contribution in [3.05, 3.63) is 83.4 Å². The molecule has 1 aromatic heterocycles. The molecule has 0 unspecified atom stereocenters. The Balaban J connectivity index is 1.46. The molecule has 0 fully saturated rings. The lowest BCUT2D eigenvalue weighted by molar-refractivity contribution is 0.0977. The van der Waals surface area contributed by atoms with Crippen LogP contribution in [0, 0.1) is 13.8 Å². The number of thiocarbonyl (C=S) groups is 1. The van der Waals surface area contributed by atoms with E-state index < -0.39 is 0 Å². The summed E-state index contributed by atoms with van der Waals surface area (Å²) in [6.07, 6.45) is 0. The maximum absolute atomic E-state index is 12.2. The second-order valence-corrected chi connectivity index (χ2v) is 7.21. The quantitative estimate of drug-likeness (QED) is 0.460. The zero-order chi connectivity index (χ0) is 20.4. The standard InChI is InChI=1S/C23H19N3O2S/c1-14-12-15(2)20-19(13-14)25-22(28-20)17-8-10-18(11-9-17)24-23(29)26-21(27)16-6-4-3-5-7-16/h3-13H,1-2H3,(H2,24,26,27,29). The number of carbonyl (C=O) groups is 1. The number of hydrogen-bond donors (Lipinski definition) is 2. The molecule has 2 N–H and O–H groups in total. The second kappa shape index (κ2) is 7.85. The van der Waals surface area contributed by atoms with Gasteiger partial charge in [0.25, 0.3) is 5.91 Å². The largest absolute Gasteiger partial charge is 0.436 e. The summed E-state index contributed by atoms with van der Waals surface area (Å²) in [6.45, 7) is 4.06. The number of hydrogen-bond acceptors (Lipinski definition) is 4. The summed E-state index contributed by atoms with van der Waals surface area (Å²) in [5.74, 6) is 0.317. The van der Waals surface area contributed by atoms with Crippen LogP contribution in [0.25, 0.3) is 22.6 Å². The second-order valence-electron chi connectivity index (χ2n) is 6.80. The zero-order valence-corrected chi connectivity index (χ0v) is 16.8. The van der Waals surface area contributed by atoms with E-state index in [2.05, 4.69) is 21.7 Å². The Kier molecular flexibility index (Phi) is 5.10. The van der Waals surface area contributed by atoms with Gasteiger partial charge in [-0.15, -0.1) is 0 Å². The molecule has 29 heavy (non-hydrogen) atoms. The number of carbonyl (C=O) groups excluding carboxylic acids is 1. The Labute approximate surface area is 173 Å². The van der Waals surface area contributed by atoms with Crippen LogP contribution in [-0.2, 0) is 0 Å². The van der Waals surface area contributed by atoms with E-state index in [0.717, 1.165) is 33.5 Å². The molecule has 0 saturated carbocycles. The molecule has 3 aromatic carbocycles. The van der Waals surface area contributed by atoms with Crippen LogP contribution < -0.4 is 10.6 Å². The molecular formula is C23H19N3O2S. The highest BCUT2D eigenvalue weighted by Crippen LogP contribution is 2.28. The van der Waals surface area contributed by atoms with E-state index in [1.54, 1.807) is 24.3 Å². The lowest BCUT2D eigenvalue weighted by Gasteiger charge is -2.09. The fourth-order valence-corrected chi connectivity index (χ4v) is 3.33. The van der Waals surface area contributed by atoms with Crippen LogP contribution in [0.5, 0.6) is 0 Å². The van der Waals surface area contributed by atoms with Crippen LogP contribution in [-0.4, -0.2) is 16.0 Å². The van der Waals surface area contributed by atoms with E-state index in [-0.39, 0.29) is 11.0 Å². The first kappa shape index (κ1) is 18.8. The van der Waals surface area contributed by atoms with E-state index in [1.165, 1.54) is 0 Å². The maximum atomic E-state index is 12.2. The summed E-state index contributed by atoms with van der Waals surface area (Å²) in [5.41, 5.74) is 6.05. The van der Waals surface area contributed by atoms with Crippen molar-refractivity contribution in [1.82, 2.24) is 10.3 Å². The third kappa shape index (κ3) is 4.17. The van der Waals surface area contributed by atoms with Crippen molar-refractivity contribution >= 4 is 40.0 Å². The number of nitrogens with zero attached hydrogens (tertiary/aromatic N) is 1. The summed E-state index contributed by atoms with van der Waals surface area (Å²) in [6, 6.07) is 20.5. The average molecular weight is 401 g/mol. The lowest BCUT2D eigenvalue weighted by Crippen LogP contribution is -2.34. The maximum Gasteiger partial charge on any atom is 0.257 e. The summed E-state index contributed by atoms with van der Waals surface area (Å²) in [5, 5.41) is 5.92. The third-order valence-electron chi connectivity index (χ3n) is 4.47. The molecule has 0 aliphatic rings. The van der Waals surface area contributed by atoms with Crippen LogP contribution in [0.1, 0.15) is 21.5 Å². The molecule has 0 aliphatic heterocycles. The number of fused-ring (bicyclic) bond motifs is 1. The Morgan fingerprint density at radius 1 is 1.00 bits per heavy atom. The molecule has 0 spiro atoms. The number of benzene rings is 3. The monoisotopic (exact) mass is 401 g/mol.